The molecule has 0 unspecified atom stereocenters. The van der Waals surface area contributed by atoms with Crippen LogP contribution in [0.25, 0.3) is 16.7 Å². The van der Waals surface area contributed by atoms with Crippen molar-refractivity contribution in [1.29, 1.82) is 0 Å². The Morgan fingerprint density at radius 2 is 2.00 bits per heavy atom. The molecule has 0 radical (unpaired) electrons. The fourth-order valence-electron chi connectivity index (χ4n) is 2.27. The predicted molar refractivity (Wildman–Crippen MR) is 87.4 cm³/mol. The van der Waals surface area contributed by atoms with E-state index in [-0.39, 0.29) is 0 Å². The van der Waals surface area contributed by atoms with E-state index in [1.54, 1.807) is 7.11 Å². The second kappa shape index (κ2) is 5.07. The maximum Gasteiger partial charge on any atom is 0.182 e. The van der Waals surface area contributed by atoms with Crippen LogP contribution in [-0.4, -0.2) is 16.7 Å². The lowest BCUT2D eigenvalue weighted by Crippen LogP contribution is -1.97. The Kier molecular flexibility index (Phi) is 3.40. The van der Waals surface area contributed by atoms with Gasteiger partial charge in [-0.15, -0.1) is 0 Å². The summed E-state index contributed by atoms with van der Waals surface area (Å²) >= 11 is 8.99. The fraction of sp³-hybridized carbons (Fsp3) is 0.133. The lowest BCUT2D eigenvalue weighted by atomic mass is 10.2. The van der Waals surface area contributed by atoms with Gasteiger partial charge >= 0.3 is 0 Å². The molecule has 0 amide bonds. The Balaban J connectivity index is 2.37. The van der Waals surface area contributed by atoms with Gasteiger partial charge in [-0.3, -0.25) is 4.57 Å². The van der Waals surface area contributed by atoms with Gasteiger partial charge in [0.05, 0.1) is 23.8 Å². The highest BCUT2D eigenvalue weighted by atomic mass is 79.9. The third-order valence-corrected chi connectivity index (χ3v) is 4.08. The van der Waals surface area contributed by atoms with Gasteiger partial charge in [-0.1, -0.05) is 22.0 Å². The number of methoxy groups -OCH3 is 1. The van der Waals surface area contributed by atoms with E-state index in [0.717, 1.165) is 32.5 Å². The van der Waals surface area contributed by atoms with E-state index in [0.29, 0.717) is 4.77 Å². The number of nitrogens with zero attached hydrogens (tertiary/aromatic N) is 1. The Labute approximate surface area is 130 Å². The van der Waals surface area contributed by atoms with Crippen LogP contribution in [0.4, 0.5) is 0 Å². The second-order valence-corrected chi connectivity index (χ2v) is 5.88. The van der Waals surface area contributed by atoms with Gasteiger partial charge in [-0.2, -0.15) is 0 Å². The third-order valence-electron chi connectivity index (χ3n) is 3.30. The monoisotopic (exact) mass is 348 g/mol. The molecule has 0 aliphatic rings. The smallest absolute Gasteiger partial charge is 0.182 e. The van der Waals surface area contributed by atoms with Crippen LogP contribution in [0.5, 0.6) is 5.75 Å². The summed E-state index contributed by atoms with van der Waals surface area (Å²) in [5.74, 6) is 0.813. The number of hydrogen-bond acceptors (Lipinski definition) is 2. The molecule has 0 atom stereocenters. The van der Waals surface area contributed by atoms with E-state index in [1.807, 2.05) is 28.8 Å². The number of aromatic amines is 1. The van der Waals surface area contributed by atoms with Gasteiger partial charge in [-0.25, -0.2) is 0 Å². The Morgan fingerprint density at radius 1 is 1.20 bits per heavy atom. The molecule has 0 spiro atoms. The van der Waals surface area contributed by atoms with Crippen molar-refractivity contribution >= 4 is 39.2 Å². The fourth-order valence-corrected chi connectivity index (χ4v) is 2.93. The number of benzene rings is 2. The molecule has 3 nitrogen and oxygen atoms in total. The molecule has 0 aliphatic heterocycles. The van der Waals surface area contributed by atoms with E-state index in [9.17, 15) is 0 Å². The first-order chi connectivity index (χ1) is 9.60. The molecule has 1 aromatic heterocycles. The molecule has 102 valence electrons. The van der Waals surface area contributed by atoms with Crippen molar-refractivity contribution in [2.75, 3.05) is 7.11 Å². The summed E-state index contributed by atoms with van der Waals surface area (Å²) in [5, 5.41) is 0. The standard InChI is InChI=1S/C15H13BrN2OS/c1-9-3-4-10(16)7-13(9)18-14-8-11(19-2)5-6-12(14)17-15(18)20/h3-8H,1-2H3,(H,17,20). The van der Waals surface area contributed by atoms with Crippen molar-refractivity contribution in [2.45, 2.75) is 6.92 Å². The zero-order chi connectivity index (χ0) is 14.3. The lowest BCUT2D eigenvalue weighted by molar-refractivity contribution is 0.415. The molecule has 1 heterocycles. The highest BCUT2D eigenvalue weighted by molar-refractivity contribution is 9.10. The van der Waals surface area contributed by atoms with Gasteiger partial charge in [0, 0.05) is 10.5 Å². The number of nitrogens with one attached hydrogen (secondary N) is 1. The maximum absolute atomic E-state index is 5.47. The normalized spacial score (nSPS) is 10.9. The molecule has 20 heavy (non-hydrogen) atoms. The van der Waals surface area contributed by atoms with E-state index >= 15 is 0 Å². The predicted octanol–water partition coefficient (Wildman–Crippen LogP) is 4.77. The molecule has 0 saturated carbocycles. The summed E-state index contributed by atoms with van der Waals surface area (Å²) in [6.07, 6.45) is 0. The Morgan fingerprint density at radius 3 is 2.75 bits per heavy atom. The molecular formula is C15H13BrN2OS. The van der Waals surface area contributed by atoms with Crippen molar-refractivity contribution in [3.8, 4) is 11.4 Å². The summed E-state index contributed by atoms with van der Waals surface area (Å²) in [6, 6.07) is 12.1. The minimum absolute atomic E-state index is 0.675. The molecule has 0 saturated heterocycles. The molecule has 2 aromatic carbocycles. The summed E-state index contributed by atoms with van der Waals surface area (Å²) in [7, 11) is 1.66. The summed E-state index contributed by atoms with van der Waals surface area (Å²) < 4.78 is 9.04. The number of fused-ring (bicyclic) bond motifs is 1. The van der Waals surface area contributed by atoms with Gasteiger partial charge in [-0.05, 0) is 49.0 Å². The van der Waals surface area contributed by atoms with E-state index in [2.05, 4.69) is 40.0 Å². The summed E-state index contributed by atoms with van der Waals surface area (Å²) in [6.45, 7) is 2.07. The van der Waals surface area contributed by atoms with E-state index < -0.39 is 0 Å². The number of rotatable bonds is 2. The second-order valence-electron chi connectivity index (χ2n) is 4.58. The number of imidazole rings is 1. The van der Waals surface area contributed by atoms with Gasteiger partial charge in [0.15, 0.2) is 4.77 Å². The minimum Gasteiger partial charge on any atom is -0.497 e. The van der Waals surface area contributed by atoms with Gasteiger partial charge in [0.2, 0.25) is 0 Å². The largest absolute Gasteiger partial charge is 0.497 e. The Bertz CT molecular complexity index is 851. The molecule has 1 N–H and O–H groups in total. The van der Waals surface area contributed by atoms with Crippen LogP contribution in [0.1, 0.15) is 5.56 Å². The maximum atomic E-state index is 5.47. The highest BCUT2D eigenvalue weighted by Crippen LogP contribution is 2.27. The summed E-state index contributed by atoms with van der Waals surface area (Å²) in [5.41, 5.74) is 4.22. The number of aryl methyl sites for hydroxylation is 1. The first kappa shape index (κ1) is 13.4. The number of ether oxygens (including phenoxy) is 1. The van der Waals surface area contributed by atoms with Crippen LogP contribution in [0.15, 0.2) is 40.9 Å². The van der Waals surface area contributed by atoms with Crippen molar-refractivity contribution in [3.63, 3.8) is 0 Å². The van der Waals surface area contributed by atoms with Gasteiger partial charge in [0.1, 0.15) is 5.75 Å². The molecular weight excluding hydrogens is 336 g/mol. The average Bonchev–Trinajstić information content (AvgIpc) is 2.76. The van der Waals surface area contributed by atoms with Crippen molar-refractivity contribution in [1.82, 2.24) is 9.55 Å². The first-order valence-electron chi connectivity index (χ1n) is 6.15. The molecule has 0 fully saturated rings. The average molecular weight is 349 g/mol. The lowest BCUT2D eigenvalue weighted by Gasteiger charge is -2.09. The molecule has 3 rings (SSSR count). The molecule has 3 aromatic rings. The highest BCUT2D eigenvalue weighted by Gasteiger charge is 2.10. The minimum atomic E-state index is 0.675. The van der Waals surface area contributed by atoms with Crippen LogP contribution >= 0.6 is 28.1 Å². The number of H-pyrrole nitrogens is 1. The van der Waals surface area contributed by atoms with E-state index in [4.69, 9.17) is 17.0 Å². The molecule has 0 bridgehead atoms. The zero-order valence-corrected chi connectivity index (χ0v) is 13.5. The van der Waals surface area contributed by atoms with Crippen molar-refractivity contribution in [2.24, 2.45) is 0 Å². The third kappa shape index (κ3) is 2.17. The van der Waals surface area contributed by atoms with Gasteiger partial charge in [0.25, 0.3) is 0 Å². The van der Waals surface area contributed by atoms with E-state index in [1.165, 1.54) is 0 Å². The summed E-state index contributed by atoms with van der Waals surface area (Å²) in [4.78, 5) is 3.23. The topological polar surface area (TPSA) is 29.9 Å². The number of hydrogen-bond donors (Lipinski definition) is 1. The Hall–Kier alpha value is -1.59. The first-order valence-corrected chi connectivity index (χ1v) is 7.35. The van der Waals surface area contributed by atoms with Crippen molar-refractivity contribution < 1.29 is 4.74 Å². The zero-order valence-electron chi connectivity index (χ0n) is 11.1. The van der Waals surface area contributed by atoms with Crippen LogP contribution in [0, 0.1) is 11.7 Å². The SMILES string of the molecule is COc1ccc2[nH]c(=S)n(-c3cc(Br)ccc3C)c2c1. The molecule has 0 aliphatic carbocycles. The number of aromatic nitrogens is 2. The molecule has 5 heteroatoms. The quantitative estimate of drug-likeness (QED) is 0.676. The van der Waals surface area contributed by atoms with Crippen LogP contribution in [0.3, 0.4) is 0 Å². The van der Waals surface area contributed by atoms with Crippen LogP contribution in [-0.2, 0) is 0 Å². The van der Waals surface area contributed by atoms with Crippen LogP contribution < -0.4 is 4.74 Å². The van der Waals surface area contributed by atoms with Crippen molar-refractivity contribution in [3.05, 3.63) is 51.2 Å². The van der Waals surface area contributed by atoms with Gasteiger partial charge < -0.3 is 9.72 Å². The van der Waals surface area contributed by atoms with Crippen LogP contribution in [0.2, 0.25) is 0 Å². The number of halogens is 1.